The highest BCUT2D eigenvalue weighted by atomic mass is 16.5. The van der Waals surface area contributed by atoms with Crippen LogP contribution in [0.4, 0.5) is 0 Å². The third-order valence-electron chi connectivity index (χ3n) is 2.82. The third kappa shape index (κ3) is 2.55. The Hall–Kier alpha value is -0.340. The average molecular weight is 183 g/mol. The van der Waals surface area contributed by atoms with E-state index in [-0.39, 0.29) is 0 Å². The Kier molecular flexibility index (Phi) is 4.46. The molecule has 0 saturated carbocycles. The van der Waals surface area contributed by atoms with Crippen LogP contribution in [0.2, 0.25) is 0 Å². The lowest BCUT2D eigenvalue weighted by molar-refractivity contribution is 0.0820. The lowest BCUT2D eigenvalue weighted by Crippen LogP contribution is -2.38. The van der Waals surface area contributed by atoms with Crippen molar-refractivity contribution in [3.8, 4) is 0 Å². The van der Waals surface area contributed by atoms with Crippen molar-refractivity contribution in [2.24, 2.45) is 5.92 Å². The Labute approximate surface area is 81.4 Å². The van der Waals surface area contributed by atoms with Gasteiger partial charge < -0.3 is 10.1 Å². The molecule has 1 aliphatic rings. The molecule has 13 heavy (non-hydrogen) atoms. The van der Waals surface area contributed by atoms with Gasteiger partial charge >= 0.3 is 0 Å². The largest absolute Gasteiger partial charge is 0.378 e. The van der Waals surface area contributed by atoms with E-state index >= 15 is 0 Å². The maximum Gasteiger partial charge on any atom is 0.0619 e. The summed E-state index contributed by atoms with van der Waals surface area (Å²) in [5.41, 5.74) is 0. The molecule has 0 bridgehead atoms. The molecule has 1 aliphatic heterocycles. The number of likely N-dealkylation sites (N-methyl/N-ethyl adjacent to an activating group) is 1. The van der Waals surface area contributed by atoms with E-state index in [2.05, 4.69) is 25.7 Å². The Balaban J connectivity index is 2.50. The van der Waals surface area contributed by atoms with E-state index < -0.39 is 0 Å². The minimum atomic E-state index is 0.428. The van der Waals surface area contributed by atoms with Crippen molar-refractivity contribution in [2.45, 2.75) is 38.8 Å². The van der Waals surface area contributed by atoms with Gasteiger partial charge in [-0.15, -0.1) is 6.58 Å². The molecule has 2 heteroatoms. The third-order valence-corrected chi connectivity index (χ3v) is 2.82. The molecule has 3 atom stereocenters. The summed E-state index contributed by atoms with van der Waals surface area (Å²) in [5, 5.41) is 3.44. The van der Waals surface area contributed by atoms with Crippen molar-refractivity contribution in [1.29, 1.82) is 0 Å². The highest BCUT2D eigenvalue weighted by Crippen LogP contribution is 2.26. The number of hydrogen-bond donors (Lipinski definition) is 1. The minimum absolute atomic E-state index is 0.428. The highest BCUT2D eigenvalue weighted by Gasteiger charge is 2.31. The first kappa shape index (κ1) is 10.7. The van der Waals surface area contributed by atoms with Crippen molar-refractivity contribution in [3.63, 3.8) is 0 Å². The van der Waals surface area contributed by atoms with Gasteiger partial charge in [-0.25, -0.2) is 0 Å². The van der Waals surface area contributed by atoms with Crippen LogP contribution in [-0.4, -0.2) is 25.3 Å². The Morgan fingerprint density at radius 1 is 1.62 bits per heavy atom. The molecule has 0 amide bonds. The van der Waals surface area contributed by atoms with Crippen molar-refractivity contribution < 1.29 is 4.74 Å². The normalized spacial score (nSPS) is 30.3. The van der Waals surface area contributed by atoms with Crippen molar-refractivity contribution in [3.05, 3.63) is 12.7 Å². The van der Waals surface area contributed by atoms with Gasteiger partial charge in [0, 0.05) is 18.6 Å². The second-order valence-corrected chi connectivity index (χ2v) is 3.59. The van der Waals surface area contributed by atoms with Crippen LogP contribution in [0.25, 0.3) is 0 Å². The minimum Gasteiger partial charge on any atom is -0.378 e. The quantitative estimate of drug-likeness (QED) is 0.658. The summed E-state index contributed by atoms with van der Waals surface area (Å²) in [6.45, 7) is 10.1. The van der Waals surface area contributed by atoms with Gasteiger partial charge in [0.05, 0.1) is 6.10 Å². The molecule has 0 aliphatic carbocycles. The van der Waals surface area contributed by atoms with Crippen LogP contribution in [0.5, 0.6) is 0 Å². The SMILES string of the molecule is C=CC(NCC)C1CCOC1CC. The monoisotopic (exact) mass is 183 g/mol. The van der Waals surface area contributed by atoms with E-state index in [0.29, 0.717) is 18.1 Å². The zero-order valence-electron chi connectivity index (χ0n) is 8.75. The van der Waals surface area contributed by atoms with Gasteiger partial charge in [-0.1, -0.05) is 19.9 Å². The summed E-state index contributed by atoms with van der Waals surface area (Å²) in [6.07, 6.45) is 4.73. The van der Waals surface area contributed by atoms with E-state index in [1.54, 1.807) is 0 Å². The predicted octanol–water partition coefficient (Wildman–Crippen LogP) is 1.97. The van der Waals surface area contributed by atoms with E-state index in [0.717, 1.165) is 19.6 Å². The van der Waals surface area contributed by atoms with Crippen LogP contribution < -0.4 is 5.32 Å². The Morgan fingerprint density at radius 2 is 2.38 bits per heavy atom. The van der Waals surface area contributed by atoms with Crippen LogP contribution in [0.1, 0.15) is 26.7 Å². The van der Waals surface area contributed by atoms with Crippen molar-refractivity contribution in [1.82, 2.24) is 5.32 Å². The van der Waals surface area contributed by atoms with Gasteiger partial charge in [-0.05, 0) is 19.4 Å². The topological polar surface area (TPSA) is 21.3 Å². The summed E-state index contributed by atoms with van der Waals surface area (Å²) >= 11 is 0. The fraction of sp³-hybridized carbons (Fsp3) is 0.818. The van der Waals surface area contributed by atoms with E-state index in [9.17, 15) is 0 Å². The molecule has 1 N–H and O–H groups in total. The standard InChI is InChI=1S/C11H21NO/c1-4-10(12-6-3)9-7-8-13-11(9)5-2/h4,9-12H,1,5-8H2,2-3H3. The summed E-state index contributed by atoms with van der Waals surface area (Å²) in [4.78, 5) is 0. The van der Waals surface area contributed by atoms with Gasteiger partial charge in [-0.3, -0.25) is 0 Å². The molecule has 0 aromatic carbocycles. The fourth-order valence-electron chi connectivity index (χ4n) is 2.14. The predicted molar refractivity (Wildman–Crippen MR) is 55.8 cm³/mol. The van der Waals surface area contributed by atoms with E-state index in [4.69, 9.17) is 4.74 Å². The molecule has 0 aromatic heterocycles. The van der Waals surface area contributed by atoms with Crippen molar-refractivity contribution >= 4 is 0 Å². The molecule has 0 spiro atoms. The highest BCUT2D eigenvalue weighted by molar-refractivity contribution is 4.95. The molecule has 1 saturated heterocycles. The molecule has 1 heterocycles. The van der Waals surface area contributed by atoms with Gasteiger partial charge in [0.2, 0.25) is 0 Å². The van der Waals surface area contributed by atoms with Crippen LogP contribution in [0.15, 0.2) is 12.7 Å². The van der Waals surface area contributed by atoms with Gasteiger partial charge in [0.15, 0.2) is 0 Å². The molecule has 1 fully saturated rings. The average Bonchev–Trinajstić information content (AvgIpc) is 2.61. The molecule has 3 unspecified atom stereocenters. The van der Waals surface area contributed by atoms with E-state index in [1.165, 1.54) is 6.42 Å². The first-order valence-electron chi connectivity index (χ1n) is 5.31. The molecule has 1 rings (SSSR count). The maximum atomic E-state index is 5.66. The number of ether oxygens (including phenoxy) is 1. The number of hydrogen-bond acceptors (Lipinski definition) is 2. The van der Waals surface area contributed by atoms with Gasteiger partial charge in [0.1, 0.15) is 0 Å². The Bertz CT molecular complexity index is 158. The van der Waals surface area contributed by atoms with Gasteiger partial charge in [0.25, 0.3) is 0 Å². The van der Waals surface area contributed by atoms with Crippen LogP contribution in [-0.2, 0) is 4.74 Å². The van der Waals surface area contributed by atoms with Gasteiger partial charge in [-0.2, -0.15) is 0 Å². The lowest BCUT2D eigenvalue weighted by atomic mass is 9.91. The van der Waals surface area contributed by atoms with Crippen LogP contribution in [0, 0.1) is 5.92 Å². The van der Waals surface area contributed by atoms with Crippen molar-refractivity contribution in [2.75, 3.05) is 13.2 Å². The fourth-order valence-corrected chi connectivity index (χ4v) is 2.14. The smallest absolute Gasteiger partial charge is 0.0619 e. The lowest BCUT2D eigenvalue weighted by Gasteiger charge is -2.24. The number of nitrogens with one attached hydrogen (secondary N) is 1. The van der Waals surface area contributed by atoms with Crippen LogP contribution in [0.3, 0.4) is 0 Å². The summed E-state index contributed by atoms with van der Waals surface area (Å²) in [7, 11) is 0. The van der Waals surface area contributed by atoms with Crippen LogP contribution >= 0.6 is 0 Å². The zero-order valence-corrected chi connectivity index (χ0v) is 8.75. The molecular formula is C11H21NO. The second-order valence-electron chi connectivity index (χ2n) is 3.59. The Morgan fingerprint density at radius 3 is 2.92 bits per heavy atom. The maximum absolute atomic E-state index is 5.66. The summed E-state index contributed by atoms with van der Waals surface area (Å²) in [5.74, 6) is 0.627. The molecular weight excluding hydrogens is 162 g/mol. The number of rotatable bonds is 5. The molecule has 0 radical (unpaired) electrons. The summed E-state index contributed by atoms with van der Waals surface area (Å²) in [6, 6.07) is 0.428. The first-order valence-corrected chi connectivity index (χ1v) is 5.31. The van der Waals surface area contributed by atoms with E-state index in [1.807, 2.05) is 6.08 Å². The zero-order chi connectivity index (χ0) is 9.68. The molecule has 2 nitrogen and oxygen atoms in total. The molecule has 0 aromatic rings. The first-order chi connectivity index (χ1) is 6.33. The second kappa shape index (κ2) is 5.40. The molecule has 76 valence electrons. The summed E-state index contributed by atoms with van der Waals surface area (Å²) < 4.78 is 5.66.